The summed E-state index contributed by atoms with van der Waals surface area (Å²) in [5, 5.41) is 3.34. The fourth-order valence-electron chi connectivity index (χ4n) is 2.43. The van der Waals surface area contributed by atoms with Crippen molar-refractivity contribution in [3.05, 3.63) is 40.2 Å². The van der Waals surface area contributed by atoms with Crippen LogP contribution in [0.15, 0.2) is 23.8 Å². The second kappa shape index (κ2) is 7.44. The maximum absolute atomic E-state index is 12.1. The van der Waals surface area contributed by atoms with Gasteiger partial charge in [0.1, 0.15) is 5.15 Å². The molecule has 1 amide bonds. The number of pyridine rings is 1. The number of hydrogen-bond donors (Lipinski definition) is 1. The van der Waals surface area contributed by atoms with Gasteiger partial charge in [-0.05, 0) is 50.7 Å². The standard InChI is InChI=1S/C16H21ClN2O/c1-2-14-10-13(11-15(17)19-14)16(20)18-9-8-12-6-4-3-5-7-12/h6,10-11H,2-5,7-9H2,1H3,(H,18,20). The zero-order valence-corrected chi connectivity index (χ0v) is 12.7. The van der Waals surface area contributed by atoms with Crippen molar-refractivity contribution < 1.29 is 4.79 Å². The van der Waals surface area contributed by atoms with Crippen LogP contribution in [0.3, 0.4) is 0 Å². The first-order chi connectivity index (χ1) is 9.69. The third-order valence-corrected chi connectivity index (χ3v) is 3.78. The minimum Gasteiger partial charge on any atom is -0.352 e. The van der Waals surface area contributed by atoms with Gasteiger partial charge in [0.25, 0.3) is 5.91 Å². The summed E-state index contributed by atoms with van der Waals surface area (Å²) in [5.74, 6) is -0.0691. The van der Waals surface area contributed by atoms with Gasteiger partial charge in [-0.1, -0.05) is 30.2 Å². The van der Waals surface area contributed by atoms with E-state index in [2.05, 4.69) is 16.4 Å². The average molecular weight is 293 g/mol. The second-order valence-electron chi connectivity index (χ2n) is 5.14. The van der Waals surface area contributed by atoms with Crippen LogP contribution in [0, 0.1) is 0 Å². The monoisotopic (exact) mass is 292 g/mol. The minimum atomic E-state index is -0.0691. The maximum atomic E-state index is 12.1. The van der Waals surface area contributed by atoms with E-state index in [1.54, 1.807) is 12.1 Å². The van der Waals surface area contributed by atoms with Crippen molar-refractivity contribution in [1.29, 1.82) is 0 Å². The van der Waals surface area contributed by atoms with E-state index >= 15 is 0 Å². The molecule has 0 unspecified atom stereocenters. The molecule has 0 radical (unpaired) electrons. The molecule has 0 aliphatic heterocycles. The summed E-state index contributed by atoms with van der Waals surface area (Å²) < 4.78 is 0. The summed E-state index contributed by atoms with van der Waals surface area (Å²) in [7, 11) is 0. The number of aryl methyl sites for hydroxylation is 1. The van der Waals surface area contributed by atoms with E-state index < -0.39 is 0 Å². The van der Waals surface area contributed by atoms with E-state index in [0.29, 0.717) is 17.3 Å². The number of carbonyl (C=O) groups is 1. The van der Waals surface area contributed by atoms with Crippen molar-refractivity contribution >= 4 is 17.5 Å². The van der Waals surface area contributed by atoms with Crippen molar-refractivity contribution in [3.63, 3.8) is 0 Å². The Kier molecular flexibility index (Phi) is 5.60. The Balaban J connectivity index is 1.88. The molecular weight excluding hydrogens is 272 g/mol. The van der Waals surface area contributed by atoms with Crippen LogP contribution in [0.1, 0.15) is 55.1 Å². The summed E-state index contributed by atoms with van der Waals surface area (Å²) in [4.78, 5) is 16.3. The van der Waals surface area contributed by atoms with E-state index in [1.807, 2.05) is 6.92 Å². The molecule has 1 N–H and O–H groups in total. The van der Waals surface area contributed by atoms with Crippen LogP contribution in [-0.2, 0) is 6.42 Å². The molecule has 1 aromatic heterocycles. The number of hydrogen-bond acceptors (Lipinski definition) is 2. The average Bonchev–Trinajstić information content (AvgIpc) is 2.47. The lowest BCUT2D eigenvalue weighted by Gasteiger charge is -2.13. The molecule has 0 atom stereocenters. The predicted molar refractivity (Wildman–Crippen MR) is 82.1 cm³/mol. The highest BCUT2D eigenvalue weighted by atomic mass is 35.5. The van der Waals surface area contributed by atoms with Crippen LogP contribution >= 0.6 is 11.6 Å². The molecule has 0 spiro atoms. The first-order valence-corrected chi connectivity index (χ1v) is 7.69. The number of aromatic nitrogens is 1. The second-order valence-corrected chi connectivity index (χ2v) is 5.52. The summed E-state index contributed by atoms with van der Waals surface area (Å²) >= 11 is 5.93. The number of amides is 1. The van der Waals surface area contributed by atoms with Crippen LogP contribution in [-0.4, -0.2) is 17.4 Å². The van der Waals surface area contributed by atoms with Gasteiger partial charge in [0.15, 0.2) is 0 Å². The summed E-state index contributed by atoms with van der Waals surface area (Å²) in [6.07, 6.45) is 8.97. The molecule has 2 rings (SSSR count). The topological polar surface area (TPSA) is 42.0 Å². The highest BCUT2D eigenvalue weighted by Gasteiger charge is 2.09. The van der Waals surface area contributed by atoms with Gasteiger partial charge in [0, 0.05) is 17.8 Å². The number of allylic oxidation sites excluding steroid dienone is 1. The lowest BCUT2D eigenvalue weighted by Crippen LogP contribution is -2.25. The fraction of sp³-hybridized carbons (Fsp3) is 0.500. The SMILES string of the molecule is CCc1cc(C(=O)NCCC2=CCCCC2)cc(Cl)n1. The van der Waals surface area contributed by atoms with Crippen molar-refractivity contribution in [2.24, 2.45) is 0 Å². The van der Waals surface area contributed by atoms with Crippen molar-refractivity contribution in [3.8, 4) is 0 Å². The number of rotatable bonds is 5. The normalized spacial score (nSPS) is 14.8. The van der Waals surface area contributed by atoms with Crippen molar-refractivity contribution in [2.45, 2.75) is 45.4 Å². The summed E-state index contributed by atoms with van der Waals surface area (Å²) in [5.41, 5.74) is 2.91. The Morgan fingerprint density at radius 3 is 2.95 bits per heavy atom. The first kappa shape index (κ1) is 15.0. The Labute approximate surface area is 125 Å². The Hall–Kier alpha value is -1.35. The maximum Gasteiger partial charge on any atom is 0.251 e. The zero-order chi connectivity index (χ0) is 14.4. The molecule has 0 saturated heterocycles. The van der Waals surface area contributed by atoms with E-state index in [4.69, 9.17) is 11.6 Å². The Morgan fingerprint density at radius 2 is 2.25 bits per heavy atom. The number of halogens is 1. The van der Waals surface area contributed by atoms with Crippen LogP contribution in [0.25, 0.3) is 0 Å². The molecule has 1 aliphatic rings. The highest BCUT2D eigenvalue weighted by Crippen LogP contribution is 2.19. The van der Waals surface area contributed by atoms with Crippen LogP contribution in [0.4, 0.5) is 0 Å². The predicted octanol–water partition coefficient (Wildman–Crippen LogP) is 3.92. The van der Waals surface area contributed by atoms with E-state index in [1.165, 1.54) is 31.3 Å². The lowest BCUT2D eigenvalue weighted by molar-refractivity contribution is 0.0954. The minimum absolute atomic E-state index is 0.0691. The number of nitrogens with one attached hydrogen (secondary N) is 1. The molecule has 4 heteroatoms. The molecule has 20 heavy (non-hydrogen) atoms. The summed E-state index contributed by atoms with van der Waals surface area (Å²) in [6, 6.07) is 3.43. The molecule has 1 heterocycles. The Morgan fingerprint density at radius 1 is 1.40 bits per heavy atom. The van der Waals surface area contributed by atoms with Gasteiger partial charge in [-0.3, -0.25) is 4.79 Å². The molecule has 108 valence electrons. The molecule has 3 nitrogen and oxygen atoms in total. The Bertz CT molecular complexity index is 511. The molecule has 0 saturated carbocycles. The van der Waals surface area contributed by atoms with Gasteiger partial charge in [-0.2, -0.15) is 0 Å². The van der Waals surface area contributed by atoms with Gasteiger partial charge in [0.05, 0.1) is 0 Å². The number of carbonyl (C=O) groups excluding carboxylic acids is 1. The smallest absolute Gasteiger partial charge is 0.251 e. The van der Waals surface area contributed by atoms with E-state index in [9.17, 15) is 4.79 Å². The molecule has 0 bridgehead atoms. The molecule has 0 fully saturated rings. The van der Waals surface area contributed by atoms with Crippen LogP contribution in [0.5, 0.6) is 0 Å². The lowest BCUT2D eigenvalue weighted by atomic mass is 9.97. The van der Waals surface area contributed by atoms with Crippen molar-refractivity contribution in [1.82, 2.24) is 10.3 Å². The third-order valence-electron chi connectivity index (χ3n) is 3.59. The van der Waals surface area contributed by atoms with Gasteiger partial charge in [-0.25, -0.2) is 4.98 Å². The largest absolute Gasteiger partial charge is 0.352 e. The van der Waals surface area contributed by atoms with E-state index in [-0.39, 0.29) is 5.91 Å². The zero-order valence-electron chi connectivity index (χ0n) is 11.9. The first-order valence-electron chi connectivity index (χ1n) is 7.31. The van der Waals surface area contributed by atoms with Gasteiger partial charge >= 0.3 is 0 Å². The quantitative estimate of drug-likeness (QED) is 0.660. The number of nitrogens with zero attached hydrogens (tertiary/aromatic N) is 1. The van der Waals surface area contributed by atoms with Gasteiger partial charge in [-0.15, -0.1) is 0 Å². The van der Waals surface area contributed by atoms with Gasteiger partial charge < -0.3 is 5.32 Å². The van der Waals surface area contributed by atoms with E-state index in [0.717, 1.165) is 18.5 Å². The third kappa shape index (κ3) is 4.34. The van der Waals surface area contributed by atoms with Crippen LogP contribution < -0.4 is 5.32 Å². The van der Waals surface area contributed by atoms with Crippen LogP contribution in [0.2, 0.25) is 5.15 Å². The molecule has 1 aromatic rings. The molecule has 1 aliphatic carbocycles. The van der Waals surface area contributed by atoms with Crippen molar-refractivity contribution in [2.75, 3.05) is 6.54 Å². The summed E-state index contributed by atoms with van der Waals surface area (Å²) in [6.45, 7) is 2.68. The molecule has 0 aromatic carbocycles. The fourth-order valence-corrected chi connectivity index (χ4v) is 2.66. The highest BCUT2D eigenvalue weighted by molar-refractivity contribution is 6.29. The van der Waals surface area contributed by atoms with Gasteiger partial charge in [0.2, 0.25) is 0 Å². The molecular formula is C16H21ClN2O.